The summed E-state index contributed by atoms with van der Waals surface area (Å²) in [4.78, 5) is 0. The zero-order valence-corrected chi connectivity index (χ0v) is 6.31. The molecule has 1 aromatic carbocycles. The van der Waals surface area contributed by atoms with Crippen molar-refractivity contribution in [3.8, 4) is 0 Å². The maximum absolute atomic E-state index is 6.70. The first-order valence-electron chi connectivity index (χ1n) is 2.87. The molecule has 10 heavy (non-hydrogen) atoms. The van der Waals surface area contributed by atoms with Crippen LogP contribution in [0.25, 0.3) is 0 Å². The summed E-state index contributed by atoms with van der Waals surface area (Å²) in [6.45, 7) is 1.94. The molecule has 0 saturated carbocycles. The molecule has 2 nitrogen and oxygen atoms in total. The molecule has 0 aliphatic rings. The molecule has 1 N–H and O–H groups in total. The molecule has 1 rings (SSSR count). The lowest BCUT2D eigenvalue weighted by Gasteiger charge is -1.95. The second-order valence-electron chi connectivity index (χ2n) is 2.07. The van der Waals surface area contributed by atoms with E-state index in [1.54, 1.807) is 12.1 Å². The van der Waals surface area contributed by atoms with Gasteiger partial charge in [-0.25, -0.2) is 5.53 Å². The summed E-state index contributed by atoms with van der Waals surface area (Å²) in [7, 11) is 0. The van der Waals surface area contributed by atoms with Gasteiger partial charge in [0, 0.05) is 0 Å². The van der Waals surface area contributed by atoms with Gasteiger partial charge < -0.3 is 0 Å². The minimum Gasteiger partial charge on any atom is -0.204 e. The molecule has 0 aromatic heterocycles. The number of nitrogens with zero attached hydrogens (tertiary/aromatic N) is 1. The van der Waals surface area contributed by atoms with Gasteiger partial charge in [0.1, 0.15) is 5.69 Å². The maximum atomic E-state index is 6.70. The number of nitrogens with one attached hydrogen (secondary N) is 1. The Kier molecular flexibility index (Phi) is 2.02. The first-order valence-corrected chi connectivity index (χ1v) is 3.25. The highest BCUT2D eigenvalue weighted by Gasteiger charge is 1.95. The molecular weight excluding hydrogens is 148 g/mol. The summed E-state index contributed by atoms with van der Waals surface area (Å²) >= 11 is 5.72. The lowest BCUT2D eigenvalue weighted by Crippen LogP contribution is -1.70. The fraction of sp³-hybridized carbons (Fsp3) is 0.143. The highest BCUT2D eigenvalue weighted by molar-refractivity contribution is 6.33. The number of aryl methyl sites for hydroxylation is 1. The summed E-state index contributed by atoms with van der Waals surface area (Å²) < 4.78 is 0. The summed E-state index contributed by atoms with van der Waals surface area (Å²) in [5.41, 5.74) is 8.30. The second kappa shape index (κ2) is 2.80. The van der Waals surface area contributed by atoms with E-state index in [0.29, 0.717) is 10.7 Å². The fourth-order valence-electron chi connectivity index (χ4n) is 0.703. The normalized spacial score (nSPS) is 9.40. The van der Waals surface area contributed by atoms with Crippen molar-refractivity contribution in [2.75, 3.05) is 0 Å². The van der Waals surface area contributed by atoms with Crippen LogP contribution in [0.3, 0.4) is 0 Å². The van der Waals surface area contributed by atoms with Crippen molar-refractivity contribution in [2.24, 2.45) is 5.11 Å². The summed E-state index contributed by atoms with van der Waals surface area (Å²) in [5.74, 6) is 0. The van der Waals surface area contributed by atoms with Crippen molar-refractivity contribution in [2.45, 2.75) is 6.92 Å². The Morgan fingerprint density at radius 3 is 2.70 bits per heavy atom. The predicted octanol–water partition coefficient (Wildman–Crippen LogP) is 3.31. The minimum absolute atomic E-state index is 0.521. The third-order valence-electron chi connectivity index (χ3n) is 1.22. The van der Waals surface area contributed by atoms with Crippen molar-refractivity contribution >= 4 is 17.3 Å². The Morgan fingerprint density at radius 1 is 1.50 bits per heavy atom. The molecule has 0 saturated heterocycles. The Hall–Kier alpha value is -0.890. The summed E-state index contributed by atoms with van der Waals surface area (Å²) in [6, 6.07) is 5.39. The second-order valence-corrected chi connectivity index (χ2v) is 2.47. The molecule has 0 aliphatic heterocycles. The van der Waals surface area contributed by atoms with E-state index in [9.17, 15) is 0 Å². The maximum Gasteiger partial charge on any atom is 0.104 e. The van der Waals surface area contributed by atoms with Crippen LogP contribution in [0.15, 0.2) is 23.3 Å². The topological polar surface area (TPSA) is 36.2 Å². The highest BCUT2D eigenvalue weighted by atomic mass is 35.5. The van der Waals surface area contributed by atoms with Crippen LogP contribution < -0.4 is 0 Å². The van der Waals surface area contributed by atoms with E-state index >= 15 is 0 Å². The van der Waals surface area contributed by atoms with Crippen molar-refractivity contribution < 1.29 is 0 Å². The van der Waals surface area contributed by atoms with E-state index in [2.05, 4.69) is 5.11 Å². The Labute approximate surface area is 64.3 Å². The molecule has 0 bridgehead atoms. The van der Waals surface area contributed by atoms with Gasteiger partial charge in [-0.2, -0.15) is 5.11 Å². The van der Waals surface area contributed by atoms with Crippen LogP contribution in [0.5, 0.6) is 0 Å². The van der Waals surface area contributed by atoms with Crippen LogP contribution in [0.2, 0.25) is 5.02 Å². The number of halogens is 1. The molecule has 0 amide bonds. The molecule has 0 atom stereocenters. The number of hydrogen-bond donors (Lipinski definition) is 1. The minimum atomic E-state index is 0.521. The van der Waals surface area contributed by atoms with Gasteiger partial charge in [0.05, 0.1) is 5.02 Å². The van der Waals surface area contributed by atoms with Gasteiger partial charge in [-0.1, -0.05) is 17.7 Å². The SMILES string of the molecule is Cc1ccc(N=N)c(Cl)c1. The van der Waals surface area contributed by atoms with Gasteiger partial charge in [0.15, 0.2) is 0 Å². The molecular formula is C7H7ClN2. The van der Waals surface area contributed by atoms with Gasteiger partial charge in [-0.15, -0.1) is 0 Å². The van der Waals surface area contributed by atoms with Crippen molar-refractivity contribution in [3.05, 3.63) is 28.8 Å². The number of rotatable bonds is 1. The summed E-state index contributed by atoms with van der Waals surface area (Å²) in [5, 5.41) is 3.77. The molecule has 0 radical (unpaired) electrons. The van der Waals surface area contributed by atoms with E-state index in [1.807, 2.05) is 13.0 Å². The largest absolute Gasteiger partial charge is 0.204 e. The molecule has 52 valence electrons. The number of benzene rings is 1. The van der Waals surface area contributed by atoms with Gasteiger partial charge in [-0.3, -0.25) is 0 Å². The highest BCUT2D eigenvalue weighted by Crippen LogP contribution is 2.24. The van der Waals surface area contributed by atoms with Crippen LogP contribution in [0.1, 0.15) is 5.56 Å². The van der Waals surface area contributed by atoms with Crippen LogP contribution in [0.4, 0.5) is 5.69 Å². The monoisotopic (exact) mass is 154 g/mol. The van der Waals surface area contributed by atoms with E-state index in [1.165, 1.54) is 0 Å². The third-order valence-corrected chi connectivity index (χ3v) is 1.53. The molecule has 0 unspecified atom stereocenters. The Balaban J connectivity index is 3.19. The average Bonchev–Trinajstić information content (AvgIpc) is 1.88. The van der Waals surface area contributed by atoms with Crippen molar-refractivity contribution in [1.29, 1.82) is 5.53 Å². The molecule has 3 heteroatoms. The lowest BCUT2D eigenvalue weighted by atomic mass is 10.2. The van der Waals surface area contributed by atoms with Crippen LogP contribution in [0, 0.1) is 12.5 Å². The van der Waals surface area contributed by atoms with Crippen LogP contribution >= 0.6 is 11.6 Å². The number of hydrogen-bond acceptors (Lipinski definition) is 2. The molecule has 1 aromatic rings. The average molecular weight is 155 g/mol. The standard InChI is InChI=1S/C7H7ClN2/c1-5-2-3-7(10-9)6(8)4-5/h2-4,9H,1H3. The molecule has 0 heterocycles. The quantitative estimate of drug-likeness (QED) is 0.603. The molecule has 0 aliphatic carbocycles. The lowest BCUT2D eigenvalue weighted by molar-refractivity contribution is 1.15. The van der Waals surface area contributed by atoms with E-state index in [-0.39, 0.29) is 0 Å². The van der Waals surface area contributed by atoms with Crippen LogP contribution in [-0.2, 0) is 0 Å². The van der Waals surface area contributed by atoms with E-state index in [4.69, 9.17) is 17.1 Å². The predicted molar refractivity (Wildman–Crippen MR) is 41.0 cm³/mol. The Bertz CT molecular complexity index is 258. The first-order chi connectivity index (χ1) is 4.74. The van der Waals surface area contributed by atoms with Gasteiger partial charge in [0.2, 0.25) is 0 Å². The molecule has 0 spiro atoms. The smallest absolute Gasteiger partial charge is 0.104 e. The summed E-state index contributed by atoms with van der Waals surface area (Å²) in [6.07, 6.45) is 0. The van der Waals surface area contributed by atoms with Gasteiger partial charge >= 0.3 is 0 Å². The fourth-order valence-corrected chi connectivity index (χ4v) is 0.980. The van der Waals surface area contributed by atoms with E-state index in [0.717, 1.165) is 5.56 Å². The van der Waals surface area contributed by atoms with Crippen LogP contribution in [-0.4, -0.2) is 0 Å². The van der Waals surface area contributed by atoms with Gasteiger partial charge in [0.25, 0.3) is 0 Å². The zero-order valence-electron chi connectivity index (χ0n) is 5.56. The van der Waals surface area contributed by atoms with Crippen molar-refractivity contribution in [3.63, 3.8) is 0 Å². The zero-order chi connectivity index (χ0) is 7.56. The van der Waals surface area contributed by atoms with Crippen molar-refractivity contribution in [1.82, 2.24) is 0 Å². The molecule has 0 fully saturated rings. The third kappa shape index (κ3) is 1.33. The Morgan fingerprint density at radius 2 is 2.20 bits per heavy atom. The first kappa shape index (κ1) is 7.22. The van der Waals surface area contributed by atoms with E-state index < -0.39 is 0 Å². The van der Waals surface area contributed by atoms with Gasteiger partial charge in [-0.05, 0) is 24.6 Å².